The smallest absolute Gasteiger partial charge is 0.306 e. The maximum absolute atomic E-state index is 11.8. The topological polar surface area (TPSA) is 84.5 Å². The molecule has 2 N–H and O–H groups in total. The molecule has 6 nitrogen and oxygen atoms in total. The van der Waals surface area contributed by atoms with Crippen LogP contribution in [0.15, 0.2) is 42.5 Å². The Bertz CT molecular complexity index is 858. The Morgan fingerprint density at radius 2 is 1.52 bits per heavy atom. The highest BCUT2D eigenvalue weighted by Crippen LogP contribution is 2.25. The van der Waals surface area contributed by atoms with Crippen molar-refractivity contribution in [2.24, 2.45) is 0 Å². The van der Waals surface area contributed by atoms with Gasteiger partial charge in [-0.2, -0.15) is 0 Å². The minimum absolute atomic E-state index is 0.102. The van der Waals surface area contributed by atoms with E-state index in [2.05, 4.69) is 10.6 Å². The first-order chi connectivity index (χ1) is 12.8. The molecule has 0 aliphatic rings. The summed E-state index contributed by atoms with van der Waals surface area (Å²) in [6, 6.07) is 11.2. The van der Waals surface area contributed by atoms with Crippen molar-refractivity contribution < 1.29 is 19.1 Å². The minimum Gasteiger partial charge on any atom is -0.456 e. The van der Waals surface area contributed by atoms with Gasteiger partial charge >= 0.3 is 5.97 Å². The van der Waals surface area contributed by atoms with Crippen molar-refractivity contribution in [3.8, 4) is 0 Å². The molecule has 0 aliphatic carbocycles. The first-order valence-corrected chi connectivity index (χ1v) is 8.93. The van der Waals surface area contributed by atoms with E-state index in [0.717, 1.165) is 0 Å². The molecule has 0 saturated carbocycles. The van der Waals surface area contributed by atoms with Crippen molar-refractivity contribution in [3.63, 3.8) is 0 Å². The highest BCUT2D eigenvalue weighted by Gasteiger charge is 2.11. The van der Waals surface area contributed by atoms with E-state index >= 15 is 0 Å². The fourth-order valence-corrected chi connectivity index (χ4v) is 2.48. The summed E-state index contributed by atoms with van der Waals surface area (Å²) in [5.74, 6) is -1.57. The molecule has 0 spiro atoms. The maximum Gasteiger partial charge on any atom is 0.306 e. The third-order valence-electron chi connectivity index (χ3n) is 3.23. The van der Waals surface area contributed by atoms with Crippen LogP contribution in [-0.4, -0.2) is 24.4 Å². The van der Waals surface area contributed by atoms with Gasteiger partial charge in [0.25, 0.3) is 5.91 Å². The number of hydrogen-bond donors (Lipinski definition) is 2. The van der Waals surface area contributed by atoms with Crippen molar-refractivity contribution in [3.05, 3.63) is 57.5 Å². The van der Waals surface area contributed by atoms with E-state index in [4.69, 9.17) is 39.5 Å². The second-order valence-corrected chi connectivity index (χ2v) is 6.65. The predicted octanol–water partition coefficient (Wildman–Crippen LogP) is 4.55. The molecular weight excluding hydrogens is 415 g/mol. The zero-order valence-corrected chi connectivity index (χ0v) is 16.2. The van der Waals surface area contributed by atoms with Crippen LogP contribution in [0.25, 0.3) is 0 Å². The van der Waals surface area contributed by atoms with Crippen LogP contribution >= 0.6 is 34.8 Å². The van der Waals surface area contributed by atoms with Crippen molar-refractivity contribution in [1.29, 1.82) is 0 Å². The summed E-state index contributed by atoms with van der Waals surface area (Å²) in [6.45, 7) is -0.459. The SMILES string of the molecule is O=C(CCC(=O)OCC(=O)Nc1cccc(Cl)c1)Nc1ccc(Cl)c(Cl)c1. The molecule has 2 rings (SSSR count). The number of carbonyl (C=O) groups is 3. The largest absolute Gasteiger partial charge is 0.456 e. The lowest BCUT2D eigenvalue weighted by Gasteiger charge is -2.08. The number of amides is 2. The van der Waals surface area contributed by atoms with Crippen molar-refractivity contribution in [1.82, 2.24) is 0 Å². The Balaban J connectivity index is 1.69. The van der Waals surface area contributed by atoms with E-state index in [1.807, 2.05) is 0 Å². The van der Waals surface area contributed by atoms with Gasteiger partial charge in [-0.25, -0.2) is 0 Å². The Kier molecular flexibility index (Phi) is 7.91. The molecular formula is C18H15Cl3N2O4. The number of rotatable bonds is 7. The van der Waals surface area contributed by atoms with Crippen LogP contribution in [0.3, 0.4) is 0 Å². The summed E-state index contributed by atoms with van der Waals surface area (Å²) < 4.78 is 4.84. The van der Waals surface area contributed by atoms with E-state index < -0.39 is 24.4 Å². The number of carbonyl (C=O) groups excluding carboxylic acids is 3. The molecule has 2 amide bonds. The first kappa shape index (κ1) is 21.0. The lowest BCUT2D eigenvalue weighted by Crippen LogP contribution is -2.21. The van der Waals surface area contributed by atoms with Crippen LogP contribution in [0.1, 0.15) is 12.8 Å². The first-order valence-electron chi connectivity index (χ1n) is 7.79. The fraction of sp³-hybridized carbons (Fsp3) is 0.167. The summed E-state index contributed by atoms with van der Waals surface area (Å²) in [6.07, 6.45) is -0.271. The van der Waals surface area contributed by atoms with E-state index in [9.17, 15) is 14.4 Å². The number of anilines is 2. The van der Waals surface area contributed by atoms with Crippen molar-refractivity contribution in [2.45, 2.75) is 12.8 Å². The van der Waals surface area contributed by atoms with Crippen LogP contribution in [0, 0.1) is 0 Å². The number of esters is 1. The lowest BCUT2D eigenvalue weighted by atomic mass is 10.2. The number of benzene rings is 2. The average molecular weight is 430 g/mol. The van der Waals surface area contributed by atoms with Crippen LogP contribution in [0.4, 0.5) is 11.4 Å². The lowest BCUT2D eigenvalue weighted by molar-refractivity contribution is -0.147. The minimum atomic E-state index is -0.666. The van der Waals surface area contributed by atoms with Gasteiger partial charge in [-0.3, -0.25) is 14.4 Å². The molecule has 2 aromatic rings. The molecule has 0 saturated heterocycles. The third kappa shape index (κ3) is 7.46. The van der Waals surface area contributed by atoms with Crippen molar-refractivity contribution >= 4 is 64.0 Å². The molecule has 9 heteroatoms. The van der Waals surface area contributed by atoms with Gasteiger partial charge < -0.3 is 15.4 Å². The summed E-state index contributed by atoms with van der Waals surface area (Å²) in [4.78, 5) is 35.2. The molecule has 0 aromatic heterocycles. The number of nitrogens with one attached hydrogen (secondary N) is 2. The molecule has 0 radical (unpaired) electrons. The molecule has 0 unspecified atom stereocenters. The summed E-state index contributed by atoms with van der Waals surface area (Å²) in [5.41, 5.74) is 0.952. The van der Waals surface area contributed by atoms with Gasteiger partial charge in [0.2, 0.25) is 5.91 Å². The zero-order chi connectivity index (χ0) is 19.8. The van der Waals surface area contributed by atoms with Crippen LogP contribution in [0.5, 0.6) is 0 Å². The molecule has 2 aromatic carbocycles. The second kappa shape index (κ2) is 10.2. The molecule has 0 bridgehead atoms. The average Bonchev–Trinajstić information content (AvgIpc) is 2.61. The van der Waals surface area contributed by atoms with Crippen molar-refractivity contribution in [2.75, 3.05) is 17.2 Å². The van der Waals surface area contributed by atoms with Gasteiger partial charge in [-0.15, -0.1) is 0 Å². The van der Waals surface area contributed by atoms with E-state index in [0.29, 0.717) is 26.4 Å². The van der Waals surface area contributed by atoms with Gasteiger partial charge in [-0.1, -0.05) is 40.9 Å². The van der Waals surface area contributed by atoms with Gasteiger partial charge in [0.1, 0.15) is 0 Å². The monoisotopic (exact) mass is 428 g/mol. The molecule has 0 fully saturated rings. The number of ether oxygens (including phenoxy) is 1. The summed E-state index contributed by atoms with van der Waals surface area (Å²) >= 11 is 17.5. The van der Waals surface area contributed by atoms with Gasteiger partial charge in [0.05, 0.1) is 16.5 Å². The van der Waals surface area contributed by atoms with Crippen LogP contribution in [0.2, 0.25) is 15.1 Å². The van der Waals surface area contributed by atoms with E-state index in [1.54, 1.807) is 36.4 Å². The number of hydrogen-bond acceptors (Lipinski definition) is 4. The van der Waals surface area contributed by atoms with E-state index in [-0.39, 0.29) is 12.8 Å². The second-order valence-electron chi connectivity index (χ2n) is 5.40. The normalized spacial score (nSPS) is 10.2. The standard InChI is InChI=1S/C18H15Cl3N2O4/c19-11-2-1-3-12(8-11)23-17(25)10-27-18(26)7-6-16(24)22-13-4-5-14(20)15(21)9-13/h1-5,8-9H,6-7,10H2,(H,22,24)(H,23,25). The molecule has 0 atom stereocenters. The Hall–Kier alpha value is -2.28. The zero-order valence-electron chi connectivity index (χ0n) is 13.9. The quantitative estimate of drug-likeness (QED) is 0.633. The number of halogens is 3. The van der Waals surface area contributed by atoms with Gasteiger partial charge in [0, 0.05) is 22.8 Å². The highest BCUT2D eigenvalue weighted by molar-refractivity contribution is 6.42. The predicted molar refractivity (Wildman–Crippen MR) is 105 cm³/mol. The summed E-state index contributed by atoms with van der Waals surface area (Å²) in [5, 5.41) is 6.27. The van der Waals surface area contributed by atoms with E-state index in [1.165, 1.54) is 6.07 Å². The van der Waals surface area contributed by atoms with Crippen LogP contribution in [-0.2, 0) is 19.1 Å². The Morgan fingerprint density at radius 1 is 0.815 bits per heavy atom. The molecule has 27 heavy (non-hydrogen) atoms. The molecule has 142 valence electrons. The Labute approximate surface area is 170 Å². The fourth-order valence-electron chi connectivity index (χ4n) is 1.99. The highest BCUT2D eigenvalue weighted by atomic mass is 35.5. The maximum atomic E-state index is 11.8. The van der Waals surface area contributed by atoms with Crippen LogP contribution < -0.4 is 10.6 Å². The van der Waals surface area contributed by atoms with Gasteiger partial charge in [-0.05, 0) is 36.4 Å². The van der Waals surface area contributed by atoms with Gasteiger partial charge in [0.15, 0.2) is 6.61 Å². The summed E-state index contributed by atoms with van der Waals surface area (Å²) in [7, 11) is 0. The third-order valence-corrected chi connectivity index (χ3v) is 4.21. The molecule has 0 heterocycles. The molecule has 0 aliphatic heterocycles. The Morgan fingerprint density at radius 3 is 2.22 bits per heavy atom.